The van der Waals surface area contributed by atoms with Gasteiger partial charge in [0, 0.05) is 35.0 Å². The van der Waals surface area contributed by atoms with Crippen LogP contribution in [0.25, 0.3) is 0 Å². The van der Waals surface area contributed by atoms with Gasteiger partial charge in [-0.25, -0.2) is 0 Å². The van der Waals surface area contributed by atoms with Crippen LogP contribution in [0.2, 0.25) is 0 Å². The number of hydrogen-bond donors (Lipinski definition) is 2. The fraction of sp³-hybridized carbons (Fsp3) is 0.217. The molecule has 3 aromatic rings. The Morgan fingerprint density at radius 2 is 1.94 bits per heavy atom. The number of hydrogen-bond acceptors (Lipinski definition) is 5. The molecule has 0 saturated carbocycles. The number of carbonyl (C=O) groups excluding carboxylic acids is 2. The molecule has 0 bridgehead atoms. The third-order valence-corrected chi connectivity index (χ3v) is 7.05. The predicted octanol–water partition coefficient (Wildman–Crippen LogP) is 4.80. The van der Waals surface area contributed by atoms with Crippen LogP contribution in [-0.4, -0.2) is 29.5 Å². The Bertz CT molecular complexity index is 1090. The van der Waals surface area contributed by atoms with Crippen molar-refractivity contribution in [3.63, 3.8) is 0 Å². The summed E-state index contributed by atoms with van der Waals surface area (Å²) in [7, 11) is 0. The molecule has 2 aromatic carbocycles. The van der Waals surface area contributed by atoms with Gasteiger partial charge in [-0.2, -0.15) is 0 Å². The number of thioether (sulfide) groups is 1. The van der Waals surface area contributed by atoms with Gasteiger partial charge >= 0.3 is 0 Å². The van der Waals surface area contributed by atoms with Crippen molar-refractivity contribution < 1.29 is 9.59 Å². The van der Waals surface area contributed by atoms with Gasteiger partial charge in [0.15, 0.2) is 0 Å². The van der Waals surface area contributed by atoms with Crippen molar-refractivity contribution >= 4 is 52.3 Å². The van der Waals surface area contributed by atoms with Crippen LogP contribution in [0.4, 0.5) is 5.00 Å². The van der Waals surface area contributed by atoms with E-state index in [2.05, 4.69) is 22.3 Å². The number of nitrogens with zero attached hydrogens (tertiary/aromatic N) is 1. The standard InChI is InChI=1S/C23H23N3O2S2.ClH/c1-29-17-9-5-8-16(12-17)22(28)25-23-20(21(24)27)18-10-11-26(14-19(18)30-23)13-15-6-3-2-4-7-15;/h2-9,12H,10-11,13-14H2,1H3,(H2,24,27)(H,25,28);1H. The van der Waals surface area contributed by atoms with E-state index in [0.29, 0.717) is 16.1 Å². The lowest BCUT2D eigenvalue weighted by Crippen LogP contribution is -2.30. The van der Waals surface area contributed by atoms with Gasteiger partial charge in [0.1, 0.15) is 5.00 Å². The van der Waals surface area contributed by atoms with E-state index in [-0.39, 0.29) is 18.3 Å². The van der Waals surface area contributed by atoms with E-state index in [0.717, 1.165) is 41.4 Å². The fourth-order valence-electron chi connectivity index (χ4n) is 3.72. The Kier molecular flexibility index (Phi) is 7.78. The maximum atomic E-state index is 12.8. The minimum atomic E-state index is -0.489. The lowest BCUT2D eigenvalue weighted by Gasteiger charge is -2.27. The third-order valence-electron chi connectivity index (χ3n) is 5.19. The number of thiophene rings is 1. The molecular weight excluding hydrogens is 450 g/mol. The lowest BCUT2D eigenvalue weighted by atomic mass is 10.0. The summed E-state index contributed by atoms with van der Waals surface area (Å²) in [5.74, 6) is -0.717. The molecule has 1 aliphatic heterocycles. The maximum Gasteiger partial charge on any atom is 0.256 e. The highest BCUT2D eigenvalue weighted by atomic mass is 35.5. The maximum absolute atomic E-state index is 12.8. The van der Waals surface area contributed by atoms with Crippen molar-refractivity contribution in [1.82, 2.24) is 4.90 Å². The quantitative estimate of drug-likeness (QED) is 0.504. The van der Waals surface area contributed by atoms with Crippen molar-refractivity contribution in [3.05, 3.63) is 81.7 Å². The van der Waals surface area contributed by atoms with Gasteiger partial charge in [-0.1, -0.05) is 36.4 Å². The zero-order chi connectivity index (χ0) is 21.1. The van der Waals surface area contributed by atoms with E-state index in [1.165, 1.54) is 16.9 Å². The summed E-state index contributed by atoms with van der Waals surface area (Å²) >= 11 is 3.04. The summed E-state index contributed by atoms with van der Waals surface area (Å²) in [6.07, 6.45) is 2.71. The average Bonchev–Trinajstić information content (AvgIpc) is 3.11. The van der Waals surface area contributed by atoms with Gasteiger partial charge in [0.2, 0.25) is 0 Å². The average molecular weight is 474 g/mol. The Labute approximate surface area is 196 Å². The minimum absolute atomic E-state index is 0. The van der Waals surface area contributed by atoms with Crippen molar-refractivity contribution in [2.24, 2.45) is 5.73 Å². The Balaban J connectivity index is 0.00000272. The van der Waals surface area contributed by atoms with E-state index in [4.69, 9.17) is 5.73 Å². The monoisotopic (exact) mass is 473 g/mol. The zero-order valence-corrected chi connectivity index (χ0v) is 19.5. The first-order chi connectivity index (χ1) is 14.5. The molecule has 2 amide bonds. The first-order valence-corrected chi connectivity index (χ1v) is 11.8. The number of fused-ring (bicyclic) bond motifs is 1. The molecule has 0 fully saturated rings. The van der Waals surface area contributed by atoms with E-state index < -0.39 is 5.91 Å². The number of nitrogens with two attached hydrogens (primary N) is 1. The number of benzene rings is 2. The predicted molar refractivity (Wildman–Crippen MR) is 131 cm³/mol. The molecule has 2 heterocycles. The summed E-state index contributed by atoms with van der Waals surface area (Å²) in [6.45, 7) is 2.45. The molecular formula is C23H24ClN3O2S2. The molecule has 8 heteroatoms. The molecule has 162 valence electrons. The molecule has 31 heavy (non-hydrogen) atoms. The number of nitrogens with one attached hydrogen (secondary N) is 1. The molecule has 5 nitrogen and oxygen atoms in total. The summed E-state index contributed by atoms with van der Waals surface area (Å²) in [6, 6.07) is 17.8. The number of carbonyl (C=O) groups is 2. The second-order valence-electron chi connectivity index (χ2n) is 7.20. The largest absolute Gasteiger partial charge is 0.365 e. The van der Waals surface area contributed by atoms with Gasteiger partial charge in [-0.05, 0) is 42.0 Å². The molecule has 1 aromatic heterocycles. The highest BCUT2D eigenvalue weighted by Crippen LogP contribution is 2.37. The van der Waals surface area contributed by atoms with Gasteiger partial charge in [-0.15, -0.1) is 35.5 Å². The van der Waals surface area contributed by atoms with Crippen LogP contribution in [0.15, 0.2) is 59.5 Å². The number of anilines is 1. The summed E-state index contributed by atoms with van der Waals surface area (Å²) in [5, 5.41) is 3.48. The second-order valence-corrected chi connectivity index (χ2v) is 9.19. The van der Waals surface area contributed by atoms with Gasteiger partial charge in [-0.3, -0.25) is 14.5 Å². The number of amides is 2. The van der Waals surface area contributed by atoms with E-state index in [9.17, 15) is 9.59 Å². The topological polar surface area (TPSA) is 75.4 Å². The lowest BCUT2D eigenvalue weighted by molar-refractivity contribution is 0.0999. The molecule has 0 saturated heterocycles. The van der Waals surface area contributed by atoms with Gasteiger partial charge < -0.3 is 11.1 Å². The number of halogens is 1. The molecule has 1 aliphatic rings. The molecule has 0 atom stereocenters. The number of rotatable bonds is 6. The fourth-order valence-corrected chi connectivity index (χ4v) is 5.47. The highest BCUT2D eigenvalue weighted by molar-refractivity contribution is 7.98. The van der Waals surface area contributed by atoms with Crippen LogP contribution in [-0.2, 0) is 19.5 Å². The summed E-state index contributed by atoms with van der Waals surface area (Å²) in [5.41, 5.74) is 8.96. The number of primary amides is 1. The molecule has 0 spiro atoms. The van der Waals surface area contributed by atoms with Crippen LogP contribution < -0.4 is 11.1 Å². The third kappa shape index (κ3) is 5.30. The Morgan fingerprint density at radius 1 is 1.16 bits per heavy atom. The zero-order valence-electron chi connectivity index (χ0n) is 17.1. The highest BCUT2D eigenvalue weighted by Gasteiger charge is 2.28. The van der Waals surface area contributed by atoms with Crippen LogP contribution >= 0.6 is 35.5 Å². The SMILES string of the molecule is CSc1cccc(C(=O)Nc2sc3c(c2C(N)=O)CCN(Cc2ccccc2)C3)c1.Cl. The van der Waals surface area contributed by atoms with Crippen LogP contribution in [0.1, 0.15) is 36.7 Å². The summed E-state index contributed by atoms with van der Waals surface area (Å²) in [4.78, 5) is 29.5. The van der Waals surface area contributed by atoms with Crippen molar-refractivity contribution in [2.75, 3.05) is 18.1 Å². The van der Waals surface area contributed by atoms with E-state index >= 15 is 0 Å². The van der Waals surface area contributed by atoms with Gasteiger partial charge in [0.25, 0.3) is 11.8 Å². The molecule has 0 aliphatic carbocycles. The van der Waals surface area contributed by atoms with Crippen LogP contribution in [0.5, 0.6) is 0 Å². The van der Waals surface area contributed by atoms with Crippen molar-refractivity contribution in [1.29, 1.82) is 0 Å². The van der Waals surface area contributed by atoms with Crippen molar-refractivity contribution in [2.45, 2.75) is 24.4 Å². The molecule has 4 rings (SSSR count). The molecule has 0 unspecified atom stereocenters. The smallest absolute Gasteiger partial charge is 0.256 e. The summed E-state index contributed by atoms with van der Waals surface area (Å²) < 4.78 is 0. The van der Waals surface area contributed by atoms with Crippen molar-refractivity contribution in [3.8, 4) is 0 Å². The van der Waals surface area contributed by atoms with Crippen LogP contribution in [0, 0.1) is 0 Å². The first kappa shape index (κ1) is 23.3. The van der Waals surface area contributed by atoms with E-state index in [1.54, 1.807) is 17.8 Å². The van der Waals surface area contributed by atoms with Crippen LogP contribution in [0.3, 0.4) is 0 Å². The minimum Gasteiger partial charge on any atom is -0.365 e. The molecule has 0 radical (unpaired) electrons. The van der Waals surface area contributed by atoms with E-state index in [1.807, 2.05) is 42.7 Å². The van der Waals surface area contributed by atoms with Gasteiger partial charge in [0.05, 0.1) is 5.56 Å². The second kappa shape index (κ2) is 10.3. The first-order valence-electron chi connectivity index (χ1n) is 9.71. The normalized spacial score (nSPS) is 13.2. The Morgan fingerprint density at radius 3 is 2.65 bits per heavy atom. The Hall–Kier alpha value is -2.32. The molecule has 3 N–H and O–H groups in total.